The van der Waals surface area contributed by atoms with Crippen LogP contribution in [0.5, 0.6) is 11.5 Å². The molecular weight excluding hydrogens is 295 g/mol. The fourth-order valence-corrected chi connectivity index (χ4v) is 1.98. The van der Waals surface area contributed by atoms with Gasteiger partial charge in [0.25, 0.3) is 0 Å². The molecular formula is C14H9F5O2. The second-order valence-corrected chi connectivity index (χ2v) is 4.40. The van der Waals surface area contributed by atoms with Crippen molar-refractivity contribution < 1.29 is 32.2 Å². The summed E-state index contributed by atoms with van der Waals surface area (Å²) in [5.41, 5.74) is -0.967. The van der Waals surface area contributed by atoms with Crippen LogP contribution in [0.25, 0.3) is 0 Å². The van der Waals surface area contributed by atoms with Gasteiger partial charge in [0.2, 0.25) is 0 Å². The van der Waals surface area contributed by atoms with Crippen LogP contribution in [0.3, 0.4) is 0 Å². The van der Waals surface area contributed by atoms with E-state index in [1.165, 1.54) is 0 Å². The summed E-state index contributed by atoms with van der Waals surface area (Å²) in [7, 11) is 0. The first-order chi connectivity index (χ1) is 9.70. The van der Waals surface area contributed by atoms with E-state index < -0.39 is 46.4 Å². The number of halogens is 5. The van der Waals surface area contributed by atoms with Crippen LogP contribution in [0, 0.1) is 11.6 Å². The Bertz CT molecular complexity index is 615. The summed E-state index contributed by atoms with van der Waals surface area (Å²) in [5, 5.41) is 18.1. The van der Waals surface area contributed by atoms with Gasteiger partial charge in [0.15, 0.2) is 23.1 Å². The van der Waals surface area contributed by atoms with Crippen LogP contribution in [0.15, 0.2) is 36.4 Å². The van der Waals surface area contributed by atoms with Gasteiger partial charge in [-0.2, -0.15) is 13.2 Å². The standard InChI is InChI=1S/C14H9F5O2/c15-9-5-7(1-3-11(9)20)13(14(17,18)19)8-2-4-12(21)10(16)6-8/h1-6,13,20-21H. The number of rotatable bonds is 2. The van der Waals surface area contributed by atoms with Crippen molar-refractivity contribution >= 4 is 0 Å². The molecule has 0 heterocycles. The molecule has 2 N–H and O–H groups in total. The fraction of sp³-hybridized carbons (Fsp3) is 0.143. The zero-order valence-electron chi connectivity index (χ0n) is 10.3. The van der Waals surface area contributed by atoms with Crippen molar-refractivity contribution in [3.63, 3.8) is 0 Å². The molecule has 2 nitrogen and oxygen atoms in total. The summed E-state index contributed by atoms with van der Waals surface area (Å²) in [6.07, 6.45) is -4.80. The van der Waals surface area contributed by atoms with Gasteiger partial charge in [0, 0.05) is 0 Å². The molecule has 0 radical (unpaired) electrons. The van der Waals surface area contributed by atoms with Gasteiger partial charge in [-0.25, -0.2) is 8.78 Å². The van der Waals surface area contributed by atoms with E-state index in [0.29, 0.717) is 12.1 Å². The number of alkyl halides is 3. The van der Waals surface area contributed by atoms with E-state index in [-0.39, 0.29) is 0 Å². The molecule has 0 unspecified atom stereocenters. The highest BCUT2D eigenvalue weighted by Gasteiger charge is 2.42. The van der Waals surface area contributed by atoms with E-state index >= 15 is 0 Å². The quantitative estimate of drug-likeness (QED) is 0.821. The number of aromatic hydroxyl groups is 2. The lowest BCUT2D eigenvalue weighted by atomic mass is 9.90. The molecule has 0 amide bonds. The van der Waals surface area contributed by atoms with E-state index in [1.807, 2.05) is 0 Å². The molecule has 21 heavy (non-hydrogen) atoms. The van der Waals surface area contributed by atoms with E-state index in [0.717, 1.165) is 24.3 Å². The van der Waals surface area contributed by atoms with E-state index in [2.05, 4.69) is 0 Å². The van der Waals surface area contributed by atoms with Crippen molar-refractivity contribution in [1.29, 1.82) is 0 Å². The molecule has 0 aliphatic heterocycles. The Kier molecular flexibility index (Phi) is 3.76. The number of hydrogen-bond acceptors (Lipinski definition) is 2. The summed E-state index contributed by atoms with van der Waals surface area (Å²) >= 11 is 0. The van der Waals surface area contributed by atoms with Gasteiger partial charge in [-0.1, -0.05) is 12.1 Å². The summed E-state index contributed by atoms with van der Waals surface area (Å²) in [6, 6.07) is 4.47. The van der Waals surface area contributed by atoms with Crippen molar-refractivity contribution in [3.05, 3.63) is 59.2 Å². The molecule has 0 aromatic heterocycles. The van der Waals surface area contributed by atoms with Crippen LogP contribution < -0.4 is 0 Å². The number of phenols is 2. The lowest BCUT2D eigenvalue weighted by Gasteiger charge is -2.21. The molecule has 7 heteroatoms. The minimum Gasteiger partial charge on any atom is -0.505 e. The summed E-state index contributed by atoms with van der Waals surface area (Å²) < 4.78 is 66.1. The smallest absolute Gasteiger partial charge is 0.399 e. The Balaban J connectivity index is 2.58. The Morgan fingerprint density at radius 1 is 0.762 bits per heavy atom. The molecule has 0 fully saturated rings. The highest BCUT2D eigenvalue weighted by molar-refractivity contribution is 5.40. The molecule has 0 bridgehead atoms. The fourth-order valence-electron chi connectivity index (χ4n) is 1.98. The van der Waals surface area contributed by atoms with Crippen LogP contribution in [0.2, 0.25) is 0 Å². The molecule has 2 aromatic rings. The minimum absolute atomic E-state index is 0.483. The summed E-state index contributed by atoms with van der Waals surface area (Å²) in [5.74, 6) is -6.25. The van der Waals surface area contributed by atoms with E-state index in [4.69, 9.17) is 10.2 Å². The topological polar surface area (TPSA) is 40.5 Å². The maximum absolute atomic E-state index is 13.3. The third kappa shape index (κ3) is 3.07. The molecule has 0 saturated heterocycles. The van der Waals surface area contributed by atoms with Crippen LogP contribution >= 0.6 is 0 Å². The monoisotopic (exact) mass is 304 g/mol. The van der Waals surface area contributed by atoms with Crippen molar-refractivity contribution in [2.45, 2.75) is 12.1 Å². The third-order valence-electron chi connectivity index (χ3n) is 2.94. The minimum atomic E-state index is -4.80. The van der Waals surface area contributed by atoms with Gasteiger partial charge in [-0.05, 0) is 35.4 Å². The molecule has 0 atom stereocenters. The summed E-state index contributed by atoms with van der Waals surface area (Å²) in [4.78, 5) is 0. The first-order valence-corrected chi connectivity index (χ1v) is 5.73. The SMILES string of the molecule is Oc1ccc(C(c2ccc(O)c(F)c2)C(F)(F)F)cc1F. The lowest BCUT2D eigenvalue weighted by Crippen LogP contribution is -2.22. The number of benzene rings is 2. The van der Waals surface area contributed by atoms with Crippen LogP contribution in [0.1, 0.15) is 17.0 Å². The zero-order valence-corrected chi connectivity index (χ0v) is 10.3. The van der Waals surface area contributed by atoms with Gasteiger partial charge >= 0.3 is 6.18 Å². The van der Waals surface area contributed by atoms with Crippen LogP contribution in [-0.2, 0) is 0 Å². The molecule has 2 aromatic carbocycles. The average molecular weight is 304 g/mol. The Morgan fingerprint density at radius 2 is 1.14 bits per heavy atom. The first-order valence-electron chi connectivity index (χ1n) is 5.73. The Labute approximate surface area is 116 Å². The zero-order chi connectivity index (χ0) is 15.8. The van der Waals surface area contributed by atoms with E-state index in [9.17, 15) is 22.0 Å². The van der Waals surface area contributed by atoms with Crippen LogP contribution in [-0.4, -0.2) is 16.4 Å². The average Bonchev–Trinajstić information content (AvgIpc) is 2.37. The van der Waals surface area contributed by atoms with Crippen molar-refractivity contribution in [2.24, 2.45) is 0 Å². The molecule has 112 valence electrons. The highest BCUT2D eigenvalue weighted by Crippen LogP contribution is 2.41. The van der Waals surface area contributed by atoms with Crippen molar-refractivity contribution in [3.8, 4) is 11.5 Å². The predicted molar refractivity (Wildman–Crippen MR) is 64.0 cm³/mol. The van der Waals surface area contributed by atoms with Crippen molar-refractivity contribution in [1.82, 2.24) is 0 Å². The van der Waals surface area contributed by atoms with Gasteiger partial charge in [0.05, 0.1) is 0 Å². The van der Waals surface area contributed by atoms with Gasteiger partial charge < -0.3 is 10.2 Å². The largest absolute Gasteiger partial charge is 0.505 e. The molecule has 0 saturated carbocycles. The van der Waals surface area contributed by atoms with Crippen LogP contribution in [0.4, 0.5) is 22.0 Å². The Morgan fingerprint density at radius 3 is 1.43 bits per heavy atom. The molecule has 0 aliphatic carbocycles. The predicted octanol–water partition coefficient (Wildman–Crippen LogP) is 4.07. The van der Waals surface area contributed by atoms with Crippen molar-refractivity contribution in [2.75, 3.05) is 0 Å². The third-order valence-corrected chi connectivity index (χ3v) is 2.94. The maximum Gasteiger partial charge on any atom is 0.399 e. The lowest BCUT2D eigenvalue weighted by molar-refractivity contribution is -0.141. The number of hydrogen-bond donors (Lipinski definition) is 2. The molecule has 2 rings (SSSR count). The molecule has 0 spiro atoms. The second-order valence-electron chi connectivity index (χ2n) is 4.40. The molecule has 0 aliphatic rings. The van der Waals surface area contributed by atoms with Gasteiger partial charge in [0.1, 0.15) is 5.92 Å². The van der Waals surface area contributed by atoms with E-state index in [1.54, 1.807) is 0 Å². The Hall–Kier alpha value is -2.31. The summed E-state index contributed by atoms with van der Waals surface area (Å²) in [6.45, 7) is 0. The maximum atomic E-state index is 13.3. The highest BCUT2D eigenvalue weighted by atomic mass is 19.4. The van der Waals surface area contributed by atoms with Gasteiger partial charge in [-0.15, -0.1) is 0 Å². The number of phenolic OH excluding ortho intramolecular Hbond substituents is 2. The first kappa shape index (κ1) is 15.1. The van der Waals surface area contributed by atoms with Gasteiger partial charge in [-0.3, -0.25) is 0 Å². The normalized spacial score (nSPS) is 11.9. The second kappa shape index (κ2) is 5.23.